The van der Waals surface area contributed by atoms with Crippen molar-refractivity contribution in [2.75, 3.05) is 5.73 Å². The first-order valence-electron chi connectivity index (χ1n) is 5.58. The van der Waals surface area contributed by atoms with E-state index >= 15 is 0 Å². The van der Waals surface area contributed by atoms with Crippen molar-refractivity contribution in [3.8, 4) is 11.4 Å². The number of nitrogen functional groups attached to an aromatic ring is 1. The highest BCUT2D eigenvalue weighted by molar-refractivity contribution is 5.71. The summed E-state index contributed by atoms with van der Waals surface area (Å²) in [7, 11) is 0. The number of anilines is 1. The van der Waals surface area contributed by atoms with E-state index in [0.717, 1.165) is 4.68 Å². The summed E-state index contributed by atoms with van der Waals surface area (Å²) in [5, 5.41) is 10.8. The second-order valence-electron chi connectivity index (χ2n) is 4.20. The van der Waals surface area contributed by atoms with Gasteiger partial charge in [-0.1, -0.05) is 12.1 Å². The summed E-state index contributed by atoms with van der Waals surface area (Å²) in [5.74, 6) is 0.231. The van der Waals surface area contributed by atoms with Gasteiger partial charge in [-0.05, 0) is 29.5 Å². The van der Waals surface area contributed by atoms with E-state index in [0.29, 0.717) is 11.3 Å². The van der Waals surface area contributed by atoms with Crippen molar-refractivity contribution < 1.29 is 13.2 Å². The van der Waals surface area contributed by atoms with Gasteiger partial charge >= 0.3 is 6.18 Å². The molecule has 5 nitrogen and oxygen atoms in total. The van der Waals surface area contributed by atoms with E-state index in [4.69, 9.17) is 5.73 Å². The van der Waals surface area contributed by atoms with E-state index < -0.39 is 18.6 Å². The zero-order valence-corrected chi connectivity index (χ0v) is 10.1. The minimum atomic E-state index is -4.27. The van der Waals surface area contributed by atoms with Gasteiger partial charge in [-0.2, -0.15) is 13.2 Å². The Kier molecular flexibility index (Phi) is 3.41. The Bertz CT molecular complexity index is 563. The molecular formula is C11H12F3N5. The van der Waals surface area contributed by atoms with Gasteiger partial charge in [-0.15, -0.1) is 5.10 Å². The lowest BCUT2D eigenvalue weighted by atomic mass is 10.1. The summed E-state index contributed by atoms with van der Waals surface area (Å²) < 4.78 is 38.4. The second-order valence-corrected chi connectivity index (χ2v) is 4.20. The number of hydrogen-bond acceptors (Lipinski definition) is 4. The maximum atomic E-state index is 12.4. The first-order valence-corrected chi connectivity index (χ1v) is 5.58. The number of alkyl halides is 3. The highest BCUT2D eigenvalue weighted by Crippen LogP contribution is 2.30. The molecule has 19 heavy (non-hydrogen) atoms. The summed E-state index contributed by atoms with van der Waals surface area (Å²) in [6.45, 7) is 1.41. The predicted molar refractivity (Wildman–Crippen MR) is 63.0 cm³/mol. The van der Waals surface area contributed by atoms with Crippen molar-refractivity contribution in [3.63, 3.8) is 0 Å². The van der Waals surface area contributed by atoms with Crippen molar-refractivity contribution in [1.82, 2.24) is 20.2 Å². The average molecular weight is 271 g/mol. The van der Waals surface area contributed by atoms with Crippen LogP contribution in [0.1, 0.15) is 19.4 Å². The molecule has 0 fully saturated rings. The van der Waals surface area contributed by atoms with Crippen LogP contribution in [0.5, 0.6) is 0 Å². The smallest absolute Gasteiger partial charge is 0.391 e. The number of rotatable bonds is 3. The topological polar surface area (TPSA) is 69.6 Å². The lowest BCUT2D eigenvalue weighted by molar-refractivity contribution is -0.142. The number of aromatic nitrogens is 4. The van der Waals surface area contributed by atoms with Crippen LogP contribution in [0.15, 0.2) is 24.3 Å². The molecule has 1 unspecified atom stereocenters. The molecule has 0 radical (unpaired) electrons. The van der Waals surface area contributed by atoms with Crippen molar-refractivity contribution in [1.29, 1.82) is 0 Å². The Labute approximate surface area is 107 Å². The first kappa shape index (κ1) is 13.3. The lowest BCUT2D eigenvalue weighted by Gasteiger charge is -2.15. The van der Waals surface area contributed by atoms with E-state index in [-0.39, 0.29) is 5.82 Å². The fourth-order valence-corrected chi connectivity index (χ4v) is 1.79. The second kappa shape index (κ2) is 4.87. The Balaban J connectivity index is 2.35. The summed E-state index contributed by atoms with van der Waals surface area (Å²) in [5.41, 5.74) is 6.71. The van der Waals surface area contributed by atoms with Crippen LogP contribution in [0.25, 0.3) is 11.4 Å². The van der Waals surface area contributed by atoms with Crippen LogP contribution in [0, 0.1) is 0 Å². The van der Waals surface area contributed by atoms with Crippen LogP contribution in [-0.2, 0) is 0 Å². The van der Waals surface area contributed by atoms with Crippen LogP contribution < -0.4 is 5.73 Å². The van der Waals surface area contributed by atoms with Crippen LogP contribution in [0.4, 0.5) is 18.9 Å². The molecule has 2 rings (SSSR count). The van der Waals surface area contributed by atoms with Crippen molar-refractivity contribution in [2.24, 2.45) is 0 Å². The summed E-state index contributed by atoms with van der Waals surface area (Å²) in [4.78, 5) is 0. The highest BCUT2D eigenvalue weighted by Gasteiger charge is 2.32. The molecule has 0 aliphatic heterocycles. The van der Waals surface area contributed by atoms with Crippen molar-refractivity contribution in [3.05, 3.63) is 24.3 Å². The number of benzene rings is 1. The maximum absolute atomic E-state index is 12.4. The van der Waals surface area contributed by atoms with Gasteiger partial charge in [0.1, 0.15) is 0 Å². The van der Waals surface area contributed by atoms with Crippen LogP contribution >= 0.6 is 0 Å². The molecule has 0 saturated heterocycles. The number of tetrazole rings is 1. The SMILES string of the molecule is CC(CC(F)(F)F)n1nnnc1-c1ccccc1N. The predicted octanol–water partition coefficient (Wildman–Crippen LogP) is 2.44. The fourth-order valence-electron chi connectivity index (χ4n) is 1.79. The number of halogens is 3. The standard InChI is InChI=1S/C11H12F3N5/c1-7(6-11(12,13)14)19-10(16-17-18-19)8-4-2-3-5-9(8)15/h2-5,7H,6,15H2,1H3. The summed E-state index contributed by atoms with van der Waals surface area (Å²) >= 11 is 0. The Morgan fingerprint density at radius 2 is 2.00 bits per heavy atom. The molecule has 0 saturated carbocycles. The molecule has 1 heterocycles. The molecular weight excluding hydrogens is 259 g/mol. The van der Waals surface area contributed by atoms with Gasteiger partial charge in [0, 0.05) is 11.3 Å². The normalized spacial score (nSPS) is 13.5. The summed E-state index contributed by atoms with van der Waals surface area (Å²) in [6, 6.07) is 5.86. The van der Waals surface area contributed by atoms with Crippen LogP contribution in [-0.4, -0.2) is 26.4 Å². The van der Waals surface area contributed by atoms with Gasteiger partial charge in [0.25, 0.3) is 0 Å². The number of nitrogens with zero attached hydrogens (tertiary/aromatic N) is 4. The minimum Gasteiger partial charge on any atom is -0.398 e. The van der Waals surface area contributed by atoms with Gasteiger partial charge in [0.15, 0.2) is 5.82 Å². The van der Waals surface area contributed by atoms with Gasteiger partial charge in [0.05, 0.1) is 12.5 Å². The zero-order chi connectivity index (χ0) is 14.0. The molecule has 0 bridgehead atoms. The fraction of sp³-hybridized carbons (Fsp3) is 0.364. The van der Waals surface area contributed by atoms with E-state index in [9.17, 15) is 13.2 Å². The molecule has 0 amide bonds. The third-order valence-corrected chi connectivity index (χ3v) is 2.64. The largest absolute Gasteiger partial charge is 0.398 e. The Morgan fingerprint density at radius 1 is 1.32 bits per heavy atom. The lowest BCUT2D eigenvalue weighted by Crippen LogP contribution is -2.18. The first-order chi connectivity index (χ1) is 8.88. The molecule has 2 N–H and O–H groups in total. The van der Waals surface area contributed by atoms with Gasteiger partial charge in [0.2, 0.25) is 0 Å². The van der Waals surface area contributed by atoms with Gasteiger partial charge in [-0.25, -0.2) is 4.68 Å². The van der Waals surface area contributed by atoms with Crippen LogP contribution in [0.2, 0.25) is 0 Å². The molecule has 1 aromatic heterocycles. The monoisotopic (exact) mass is 271 g/mol. The zero-order valence-electron chi connectivity index (χ0n) is 10.1. The third-order valence-electron chi connectivity index (χ3n) is 2.64. The molecule has 102 valence electrons. The Hall–Kier alpha value is -2.12. The average Bonchev–Trinajstić information content (AvgIpc) is 2.76. The molecule has 0 aliphatic carbocycles. The molecule has 0 spiro atoms. The number of para-hydroxylation sites is 1. The molecule has 1 atom stereocenters. The van der Waals surface area contributed by atoms with E-state index in [1.807, 2.05) is 0 Å². The number of hydrogen-bond donors (Lipinski definition) is 1. The molecule has 0 aliphatic rings. The highest BCUT2D eigenvalue weighted by atomic mass is 19.4. The quantitative estimate of drug-likeness (QED) is 0.870. The molecule has 8 heteroatoms. The van der Waals surface area contributed by atoms with Crippen molar-refractivity contribution in [2.45, 2.75) is 25.6 Å². The van der Waals surface area contributed by atoms with Crippen molar-refractivity contribution >= 4 is 5.69 Å². The summed E-state index contributed by atoms with van der Waals surface area (Å²) in [6.07, 6.45) is -5.28. The van der Waals surface area contributed by atoms with E-state index in [1.165, 1.54) is 6.92 Å². The van der Waals surface area contributed by atoms with Gasteiger partial charge < -0.3 is 5.73 Å². The molecule has 1 aromatic carbocycles. The molecule has 2 aromatic rings. The van der Waals surface area contributed by atoms with Crippen LogP contribution in [0.3, 0.4) is 0 Å². The minimum absolute atomic E-state index is 0.231. The Morgan fingerprint density at radius 3 is 2.63 bits per heavy atom. The third kappa shape index (κ3) is 3.01. The van der Waals surface area contributed by atoms with E-state index in [2.05, 4.69) is 15.5 Å². The van der Waals surface area contributed by atoms with E-state index in [1.54, 1.807) is 24.3 Å². The van der Waals surface area contributed by atoms with Gasteiger partial charge in [-0.3, -0.25) is 0 Å². The number of nitrogens with two attached hydrogens (primary N) is 1. The maximum Gasteiger partial charge on any atom is 0.391 e.